The van der Waals surface area contributed by atoms with Gasteiger partial charge in [0, 0.05) is 32.7 Å². The molecule has 1 aliphatic rings. The number of carbonyl (C=O) groups is 2. The molecule has 1 aliphatic heterocycles. The number of ether oxygens (including phenoxy) is 2. The van der Waals surface area contributed by atoms with Crippen LogP contribution in [-0.4, -0.2) is 56.7 Å². The van der Waals surface area contributed by atoms with E-state index < -0.39 is 0 Å². The van der Waals surface area contributed by atoms with Crippen LogP contribution in [0.25, 0.3) is 0 Å². The Hall–Kier alpha value is -2.08. The van der Waals surface area contributed by atoms with E-state index in [2.05, 4.69) is 5.32 Å². The molecule has 6 nitrogen and oxygen atoms in total. The Balaban J connectivity index is 1.70. The van der Waals surface area contributed by atoms with E-state index in [0.29, 0.717) is 44.8 Å². The second-order valence-corrected chi connectivity index (χ2v) is 6.04. The maximum Gasteiger partial charge on any atom is 0.260 e. The molecule has 0 saturated carbocycles. The summed E-state index contributed by atoms with van der Waals surface area (Å²) in [5.74, 6) is 0.689. The molecule has 0 atom stereocenters. The van der Waals surface area contributed by atoms with Crippen molar-refractivity contribution in [2.24, 2.45) is 5.92 Å². The average molecular weight is 334 g/mol. The quantitative estimate of drug-likeness (QED) is 0.765. The lowest BCUT2D eigenvalue weighted by atomic mass is 9.96. The van der Waals surface area contributed by atoms with Gasteiger partial charge in [-0.15, -0.1) is 0 Å². The van der Waals surface area contributed by atoms with Gasteiger partial charge in [0.2, 0.25) is 5.91 Å². The number of piperidine rings is 1. The summed E-state index contributed by atoms with van der Waals surface area (Å²) < 4.78 is 10.4. The van der Waals surface area contributed by atoms with Crippen LogP contribution in [0.2, 0.25) is 0 Å². The van der Waals surface area contributed by atoms with Crippen molar-refractivity contribution in [2.45, 2.75) is 19.8 Å². The molecule has 132 valence electrons. The van der Waals surface area contributed by atoms with Gasteiger partial charge in [-0.05, 0) is 31.9 Å². The number of nitrogens with one attached hydrogen (secondary N) is 1. The normalized spacial score (nSPS) is 15.2. The maximum atomic E-state index is 12.2. The predicted octanol–water partition coefficient (Wildman–Crippen LogP) is 1.38. The van der Waals surface area contributed by atoms with Gasteiger partial charge < -0.3 is 19.7 Å². The number of nitrogens with zero attached hydrogens (tertiary/aromatic N) is 1. The summed E-state index contributed by atoms with van der Waals surface area (Å²) in [6.45, 7) is 4.27. The Morgan fingerprint density at radius 2 is 1.88 bits per heavy atom. The first kappa shape index (κ1) is 18.3. The van der Waals surface area contributed by atoms with E-state index in [4.69, 9.17) is 9.47 Å². The molecule has 0 aliphatic carbocycles. The van der Waals surface area contributed by atoms with E-state index in [1.165, 1.54) is 0 Å². The Bertz CT molecular complexity index is 536. The first-order valence-corrected chi connectivity index (χ1v) is 8.34. The third-order valence-corrected chi connectivity index (χ3v) is 4.21. The van der Waals surface area contributed by atoms with Crippen molar-refractivity contribution in [1.29, 1.82) is 0 Å². The molecule has 0 bridgehead atoms. The van der Waals surface area contributed by atoms with Gasteiger partial charge in [0.25, 0.3) is 5.91 Å². The molecule has 2 amide bonds. The molecule has 24 heavy (non-hydrogen) atoms. The van der Waals surface area contributed by atoms with Crippen LogP contribution in [-0.2, 0) is 14.3 Å². The summed E-state index contributed by atoms with van der Waals surface area (Å²) >= 11 is 0. The molecule has 0 radical (unpaired) electrons. The van der Waals surface area contributed by atoms with Gasteiger partial charge in [-0.25, -0.2) is 0 Å². The Morgan fingerprint density at radius 1 is 1.21 bits per heavy atom. The van der Waals surface area contributed by atoms with E-state index in [0.717, 1.165) is 5.56 Å². The minimum Gasteiger partial charge on any atom is -0.484 e. The van der Waals surface area contributed by atoms with Crippen LogP contribution in [0, 0.1) is 12.8 Å². The highest BCUT2D eigenvalue weighted by Crippen LogP contribution is 2.18. The third-order valence-electron chi connectivity index (χ3n) is 4.21. The van der Waals surface area contributed by atoms with Crippen molar-refractivity contribution < 1.29 is 19.1 Å². The molecule has 1 N–H and O–H groups in total. The zero-order chi connectivity index (χ0) is 17.4. The fraction of sp³-hybridized carbons (Fsp3) is 0.556. The van der Waals surface area contributed by atoms with Gasteiger partial charge in [-0.2, -0.15) is 0 Å². The molecule has 1 heterocycles. The molecule has 1 aromatic rings. The van der Waals surface area contributed by atoms with Crippen LogP contribution in [0.4, 0.5) is 0 Å². The highest BCUT2D eigenvalue weighted by Gasteiger charge is 2.27. The first-order valence-electron chi connectivity index (χ1n) is 8.34. The molecule has 2 rings (SSSR count). The molecular weight excluding hydrogens is 308 g/mol. The topological polar surface area (TPSA) is 67.9 Å². The predicted molar refractivity (Wildman–Crippen MR) is 90.9 cm³/mol. The number of aryl methyl sites for hydroxylation is 1. The minimum atomic E-state index is -0.0335. The van der Waals surface area contributed by atoms with Gasteiger partial charge in [-0.3, -0.25) is 9.59 Å². The molecule has 1 saturated heterocycles. The number of hydrogen-bond donors (Lipinski definition) is 1. The van der Waals surface area contributed by atoms with E-state index in [1.807, 2.05) is 31.2 Å². The van der Waals surface area contributed by atoms with Gasteiger partial charge in [0.1, 0.15) is 5.75 Å². The maximum absolute atomic E-state index is 12.2. The number of rotatable bonds is 7. The van der Waals surface area contributed by atoms with Crippen molar-refractivity contribution in [3.8, 4) is 5.75 Å². The summed E-state index contributed by atoms with van der Waals surface area (Å²) in [4.78, 5) is 26.0. The Kier molecular flexibility index (Phi) is 7.06. The molecular formula is C18H26N2O4. The summed E-state index contributed by atoms with van der Waals surface area (Å²) in [6, 6.07) is 7.62. The molecule has 0 spiro atoms. The van der Waals surface area contributed by atoms with Gasteiger partial charge in [0.15, 0.2) is 6.61 Å². The highest BCUT2D eigenvalue weighted by molar-refractivity contribution is 5.80. The lowest BCUT2D eigenvalue weighted by Gasteiger charge is -2.31. The van der Waals surface area contributed by atoms with E-state index in [9.17, 15) is 9.59 Å². The number of amides is 2. The number of hydrogen-bond acceptors (Lipinski definition) is 4. The monoisotopic (exact) mass is 334 g/mol. The van der Waals surface area contributed by atoms with E-state index in [1.54, 1.807) is 12.0 Å². The molecule has 6 heteroatoms. The zero-order valence-electron chi connectivity index (χ0n) is 14.4. The minimum absolute atomic E-state index is 0.0241. The summed E-state index contributed by atoms with van der Waals surface area (Å²) in [5.41, 5.74) is 1.15. The zero-order valence-corrected chi connectivity index (χ0v) is 14.4. The van der Waals surface area contributed by atoms with Crippen LogP contribution in [0.1, 0.15) is 18.4 Å². The largest absolute Gasteiger partial charge is 0.484 e. The van der Waals surface area contributed by atoms with Crippen LogP contribution in [0.5, 0.6) is 5.75 Å². The van der Waals surface area contributed by atoms with Crippen LogP contribution in [0.15, 0.2) is 24.3 Å². The molecule has 1 fully saturated rings. The Morgan fingerprint density at radius 3 is 2.50 bits per heavy atom. The van der Waals surface area contributed by atoms with E-state index in [-0.39, 0.29) is 24.3 Å². The summed E-state index contributed by atoms with van der Waals surface area (Å²) in [7, 11) is 1.61. The number of benzene rings is 1. The van der Waals surface area contributed by atoms with Crippen molar-refractivity contribution in [3.63, 3.8) is 0 Å². The van der Waals surface area contributed by atoms with E-state index >= 15 is 0 Å². The first-order chi connectivity index (χ1) is 11.6. The second-order valence-electron chi connectivity index (χ2n) is 6.04. The van der Waals surface area contributed by atoms with Crippen molar-refractivity contribution in [3.05, 3.63) is 29.8 Å². The molecule has 1 aromatic carbocycles. The lowest BCUT2D eigenvalue weighted by molar-refractivity contribution is -0.137. The summed E-state index contributed by atoms with van der Waals surface area (Å²) in [6.07, 6.45) is 1.38. The highest BCUT2D eigenvalue weighted by atomic mass is 16.5. The standard InChI is InChI=1S/C18H26N2O4/c1-14-3-5-16(6-4-14)24-13-17(21)20-10-7-15(8-11-20)18(22)19-9-12-23-2/h3-6,15H,7-13H2,1-2H3,(H,19,22). The van der Waals surface area contributed by atoms with Crippen LogP contribution < -0.4 is 10.1 Å². The fourth-order valence-electron chi connectivity index (χ4n) is 2.68. The number of likely N-dealkylation sites (tertiary alicyclic amines) is 1. The third kappa shape index (κ3) is 5.53. The average Bonchev–Trinajstić information content (AvgIpc) is 2.61. The van der Waals surface area contributed by atoms with Gasteiger partial charge in [0.05, 0.1) is 6.61 Å². The smallest absolute Gasteiger partial charge is 0.260 e. The van der Waals surface area contributed by atoms with Gasteiger partial charge in [-0.1, -0.05) is 17.7 Å². The van der Waals surface area contributed by atoms with Crippen molar-refractivity contribution in [1.82, 2.24) is 10.2 Å². The SMILES string of the molecule is COCCNC(=O)C1CCN(C(=O)COc2ccc(C)cc2)CC1. The van der Waals surface area contributed by atoms with Crippen molar-refractivity contribution in [2.75, 3.05) is 40.0 Å². The molecule has 0 unspecified atom stereocenters. The Labute approximate surface area is 143 Å². The van der Waals surface area contributed by atoms with Crippen LogP contribution >= 0.6 is 0 Å². The van der Waals surface area contributed by atoms with Gasteiger partial charge >= 0.3 is 0 Å². The second kappa shape index (κ2) is 9.27. The fourth-order valence-corrected chi connectivity index (χ4v) is 2.68. The molecule has 0 aromatic heterocycles. The number of carbonyl (C=O) groups excluding carboxylic acids is 2. The van der Waals surface area contributed by atoms with Crippen molar-refractivity contribution >= 4 is 11.8 Å². The van der Waals surface area contributed by atoms with Crippen LogP contribution in [0.3, 0.4) is 0 Å². The summed E-state index contributed by atoms with van der Waals surface area (Å²) in [5, 5.41) is 2.86. The number of methoxy groups -OCH3 is 1. The lowest BCUT2D eigenvalue weighted by Crippen LogP contribution is -2.44.